The number of ether oxygens (including phenoxy) is 4. The molecule has 3 heterocycles. The van der Waals surface area contributed by atoms with Gasteiger partial charge >= 0.3 is 0 Å². The zero-order valence-corrected chi connectivity index (χ0v) is 19.6. The average molecular weight is 469 g/mol. The number of methoxy groups -OCH3 is 3. The summed E-state index contributed by atoms with van der Waals surface area (Å²) in [4.78, 5) is 4.48. The quantitative estimate of drug-likeness (QED) is 0.448. The molecule has 0 saturated heterocycles. The highest BCUT2D eigenvalue weighted by Gasteiger charge is 2.41. The zero-order chi connectivity index (χ0) is 23.9. The van der Waals surface area contributed by atoms with Gasteiger partial charge < -0.3 is 24.3 Å². The second-order valence-electron chi connectivity index (χ2n) is 8.27. The van der Waals surface area contributed by atoms with Gasteiger partial charge in [0.2, 0.25) is 5.95 Å². The van der Waals surface area contributed by atoms with Crippen molar-refractivity contribution in [3.8, 4) is 23.0 Å². The van der Waals surface area contributed by atoms with Crippen molar-refractivity contribution in [2.24, 2.45) is 0 Å². The topological polar surface area (TPSA) is 79.7 Å². The minimum Gasteiger partial charge on any atom is -0.497 e. The van der Waals surface area contributed by atoms with Crippen LogP contribution in [-0.2, 0) is 0 Å². The van der Waals surface area contributed by atoms with E-state index in [9.17, 15) is 0 Å². The number of nitrogens with one attached hydrogen (secondary N) is 1. The molecule has 0 radical (unpaired) electrons. The third-order valence-corrected chi connectivity index (χ3v) is 6.44. The van der Waals surface area contributed by atoms with E-state index in [1.54, 1.807) is 27.7 Å². The second-order valence-corrected chi connectivity index (χ2v) is 8.27. The molecule has 2 atom stereocenters. The number of aromatic nitrogens is 3. The van der Waals surface area contributed by atoms with Crippen molar-refractivity contribution in [3.63, 3.8) is 0 Å². The highest BCUT2D eigenvalue weighted by molar-refractivity contribution is 5.85. The van der Waals surface area contributed by atoms with Crippen molar-refractivity contribution >= 4 is 11.6 Å². The van der Waals surface area contributed by atoms with Gasteiger partial charge in [0.15, 0.2) is 11.5 Å². The van der Waals surface area contributed by atoms with E-state index in [0.29, 0.717) is 17.4 Å². The maximum Gasteiger partial charge on any atom is 0.226 e. The van der Waals surface area contributed by atoms with Crippen LogP contribution in [0.1, 0.15) is 28.8 Å². The van der Waals surface area contributed by atoms with E-state index in [0.717, 1.165) is 39.5 Å². The third-order valence-electron chi connectivity index (χ3n) is 6.44. The molecule has 3 aromatic carbocycles. The summed E-state index contributed by atoms with van der Waals surface area (Å²) < 4.78 is 25.2. The summed E-state index contributed by atoms with van der Waals surface area (Å²) in [7, 11) is 4.92. The number of hydrogen-bond acceptors (Lipinski definition) is 7. The molecule has 4 aromatic rings. The third kappa shape index (κ3) is 3.37. The summed E-state index contributed by atoms with van der Waals surface area (Å²) in [6.07, 6.45) is 1.15. The van der Waals surface area contributed by atoms with Gasteiger partial charge in [0.1, 0.15) is 30.0 Å². The van der Waals surface area contributed by atoms with E-state index in [2.05, 4.69) is 27.5 Å². The molecule has 0 aliphatic carbocycles. The molecule has 0 amide bonds. The summed E-state index contributed by atoms with van der Waals surface area (Å²) in [5.74, 6) is 3.52. The number of hydrogen-bond donors (Lipinski definition) is 1. The number of fused-ring (bicyclic) bond motifs is 3. The zero-order valence-electron chi connectivity index (χ0n) is 19.6. The summed E-state index contributed by atoms with van der Waals surface area (Å²) in [5.41, 5.74) is 4.89. The Bertz CT molecular complexity index is 1440. The molecule has 8 nitrogen and oxygen atoms in total. The number of anilines is 1. The summed E-state index contributed by atoms with van der Waals surface area (Å²) in [6.45, 7) is 0. The molecule has 0 saturated carbocycles. The molecule has 2 aliphatic rings. The van der Waals surface area contributed by atoms with E-state index in [4.69, 9.17) is 18.9 Å². The van der Waals surface area contributed by atoms with Crippen LogP contribution in [0.2, 0.25) is 0 Å². The largest absolute Gasteiger partial charge is 0.497 e. The van der Waals surface area contributed by atoms with Crippen molar-refractivity contribution in [2.45, 2.75) is 12.1 Å². The number of benzene rings is 3. The van der Waals surface area contributed by atoms with Crippen LogP contribution in [0.25, 0.3) is 5.70 Å². The monoisotopic (exact) mass is 468 g/mol. The molecule has 6 rings (SSSR count). The molecule has 0 fully saturated rings. The van der Waals surface area contributed by atoms with E-state index >= 15 is 0 Å². The summed E-state index contributed by atoms with van der Waals surface area (Å²) in [5, 5.41) is 8.09. The Morgan fingerprint density at radius 1 is 0.857 bits per heavy atom. The summed E-state index contributed by atoms with van der Waals surface area (Å²) in [6, 6.07) is 21.6. The van der Waals surface area contributed by atoms with Crippen LogP contribution in [0.3, 0.4) is 0 Å². The van der Waals surface area contributed by atoms with E-state index in [1.807, 2.05) is 59.3 Å². The SMILES string of the molecule is COc1cccc([C@@H]2C3=C(Nc4ncnn42)c2ccccc2O[C@H]3c2ccc(OC)c(OC)c2)c1. The average Bonchev–Trinajstić information content (AvgIpc) is 3.39. The van der Waals surface area contributed by atoms with Gasteiger partial charge in [0.25, 0.3) is 0 Å². The highest BCUT2D eigenvalue weighted by Crippen LogP contribution is 2.51. The van der Waals surface area contributed by atoms with Crippen LogP contribution in [0.5, 0.6) is 23.0 Å². The Morgan fingerprint density at radius 2 is 1.71 bits per heavy atom. The van der Waals surface area contributed by atoms with Gasteiger partial charge in [0.05, 0.1) is 27.0 Å². The van der Waals surface area contributed by atoms with Gasteiger partial charge in [-0.1, -0.05) is 30.3 Å². The van der Waals surface area contributed by atoms with Crippen LogP contribution >= 0.6 is 0 Å². The van der Waals surface area contributed by atoms with E-state index in [-0.39, 0.29) is 6.04 Å². The van der Waals surface area contributed by atoms with Crippen molar-refractivity contribution in [1.82, 2.24) is 14.8 Å². The molecule has 0 unspecified atom stereocenters. The molecule has 35 heavy (non-hydrogen) atoms. The second kappa shape index (κ2) is 8.39. The van der Waals surface area contributed by atoms with Crippen LogP contribution in [0, 0.1) is 0 Å². The fourth-order valence-corrected chi connectivity index (χ4v) is 4.84. The van der Waals surface area contributed by atoms with E-state index < -0.39 is 6.10 Å². The van der Waals surface area contributed by atoms with Gasteiger partial charge in [-0.15, -0.1) is 0 Å². The van der Waals surface area contributed by atoms with Crippen molar-refractivity contribution in [3.05, 3.63) is 95.3 Å². The maximum atomic E-state index is 6.67. The lowest BCUT2D eigenvalue weighted by Crippen LogP contribution is -2.32. The van der Waals surface area contributed by atoms with Crippen LogP contribution in [0.4, 0.5) is 5.95 Å². The normalized spacial score (nSPS) is 17.9. The number of nitrogens with zero attached hydrogens (tertiary/aromatic N) is 3. The Labute approximate surface area is 202 Å². The fraction of sp³-hybridized carbons (Fsp3) is 0.185. The summed E-state index contributed by atoms with van der Waals surface area (Å²) >= 11 is 0. The van der Waals surface area contributed by atoms with Crippen LogP contribution in [0.15, 0.2) is 78.6 Å². The van der Waals surface area contributed by atoms with Gasteiger partial charge in [0, 0.05) is 16.7 Å². The molecule has 8 heteroatoms. The lowest BCUT2D eigenvalue weighted by molar-refractivity contribution is 0.222. The van der Waals surface area contributed by atoms with E-state index in [1.165, 1.54) is 0 Å². The molecular weight excluding hydrogens is 444 g/mol. The number of para-hydroxylation sites is 1. The first-order valence-electron chi connectivity index (χ1n) is 11.2. The predicted molar refractivity (Wildman–Crippen MR) is 131 cm³/mol. The minimum absolute atomic E-state index is 0.273. The molecule has 0 spiro atoms. The standard InChI is InChI=1S/C27H24N4O4/c1-32-18-8-6-7-16(13-18)25-23-24(30-27-28-15-29-31(25)27)19-9-4-5-10-20(19)35-26(23)17-11-12-21(33-2)22(14-17)34-3/h4-15,25-26H,1-3H3,(H,28,29,30)/t25-,26+/m1/s1. The smallest absolute Gasteiger partial charge is 0.226 e. The van der Waals surface area contributed by atoms with Crippen LogP contribution in [-0.4, -0.2) is 36.1 Å². The Kier molecular flexibility index (Phi) is 5.06. The van der Waals surface area contributed by atoms with Crippen molar-refractivity contribution in [2.75, 3.05) is 26.6 Å². The molecule has 0 bridgehead atoms. The molecule has 1 N–H and O–H groups in total. The number of rotatable bonds is 5. The van der Waals surface area contributed by atoms with Gasteiger partial charge in [-0.2, -0.15) is 10.1 Å². The first-order chi connectivity index (χ1) is 17.2. The molecule has 1 aromatic heterocycles. The van der Waals surface area contributed by atoms with Gasteiger partial charge in [-0.3, -0.25) is 0 Å². The lowest BCUT2D eigenvalue weighted by atomic mass is 9.84. The maximum absolute atomic E-state index is 6.67. The predicted octanol–water partition coefficient (Wildman–Crippen LogP) is 4.86. The molecular formula is C27H24N4O4. The molecule has 176 valence electrons. The lowest BCUT2D eigenvalue weighted by Gasteiger charge is -2.39. The Morgan fingerprint density at radius 3 is 2.54 bits per heavy atom. The fourth-order valence-electron chi connectivity index (χ4n) is 4.84. The van der Waals surface area contributed by atoms with Gasteiger partial charge in [-0.25, -0.2) is 4.68 Å². The molecule has 2 aliphatic heterocycles. The first kappa shape index (κ1) is 21.1. The highest BCUT2D eigenvalue weighted by atomic mass is 16.5. The Hall–Kier alpha value is -4.46. The Balaban J connectivity index is 1.60. The van der Waals surface area contributed by atoms with Crippen molar-refractivity contribution < 1.29 is 18.9 Å². The van der Waals surface area contributed by atoms with Crippen molar-refractivity contribution in [1.29, 1.82) is 0 Å². The minimum atomic E-state index is -0.416. The van der Waals surface area contributed by atoms with Crippen LogP contribution < -0.4 is 24.3 Å². The first-order valence-corrected chi connectivity index (χ1v) is 11.2. The van der Waals surface area contributed by atoms with Gasteiger partial charge in [-0.05, 0) is 42.0 Å².